The summed E-state index contributed by atoms with van der Waals surface area (Å²) < 4.78 is 4.96. The molecular formula is C48H32N2. The van der Waals surface area contributed by atoms with Crippen molar-refractivity contribution in [2.45, 2.75) is 0 Å². The first-order valence-electron chi connectivity index (χ1n) is 17.2. The largest absolute Gasteiger partial charge is 0.307 e. The Morgan fingerprint density at radius 1 is 0.240 bits per heavy atom. The minimum Gasteiger partial charge on any atom is -0.307 e. The van der Waals surface area contributed by atoms with E-state index in [1.54, 1.807) is 0 Å². The van der Waals surface area contributed by atoms with Crippen molar-refractivity contribution >= 4 is 43.6 Å². The van der Waals surface area contributed by atoms with Crippen molar-refractivity contribution in [1.82, 2.24) is 9.13 Å². The van der Waals surface area contributed by atoms with Crippen LogP contribution in [0.4, 0.5) is 0 Å². The summed E-state index contributed by atoms with van der Waals surface area (Å²) in [6, 6.07) is 70.3. The molecule has 0 radical (unpaired) electrons. The number of hydrogen-bond donors (Lipinski definition) is 0. The monoisotopic (exact) mass is 636 g/mol. The summed E-state index contributed by atoms with van der Waals surface area (Å²) in [6.07, 6.45) is 0. The first kappa shape index (κ1) is 28.4. The van der Waals surface area contributed by atoms with E-state index in [9.17, 15) is 0 Å². The van der Waals surface area contributed by atoms with E-state index in [-0.39, 0.29) is 0 Å². The Bertz CT molecular complexity index is 2810. The molecule has 10 rings (SSSR count). The molecule has 50 heavy (non-hydrogen) atoms. The molecule has 0 spiro atoms. The zero-order chi connectivity index (χ0) is 33.0. The van der Waals surface area contributed by atoms with Gasteiger partial charge in [0.1, 0.15) is 0 Å². The maximum Gasteiger partial charge on any atom is 0.0789 e. The van der Waals surface area contributed by atoms with Crippen LogP contribution in [0.2, 0.25) is 0 Å². The van der Waals surface area contributed by atoms with Gasteiger partial charge in [-0.3, -0.25) is 0 Å². The van der Waals surface area contributed by atoms with Crippen LogP contribution in [-0.2, 0) is 0 Å². The lowest BCUT2D eigenvalue weighted by Crippen LogP contribution is -1.99. The molecule has 0 saturated heterocycles. The van der Waals surface area contributed by atoms with Gasteiger partial charge in [-0.05, 0) is 58.1 Å². The average Bonchev–Trinajstić information content (AvgIpc) is 3.72. The minimum atomic E-state index is 1.13. The van der Waals surface area contributed by atoms with Crippen molar-refractivity contribution in [1.29, 1.82) is 0 Å². The van der Waals surface area contributed by atoms with Gasteiger partial charge in [-0.25, -0.2) is 0 Å². The molecule has 0 aliphatic carbocycles. The molecule has 0 unspecified atom stereocenters. The summed E-state index contributed by atoms with van der Waals surface area (Å²) in [5, 5.41) is 4.99. The lowest BCUT2D eigenvalue weighted by molar-refractivity contribution is 1.15. The molecule has 10 aromatic rings. The molecule has 0 aliphatic rings. The van der Waals surface area contributed by atoms with Crippen molar-refractivity contribution in [3.05, 3.63) is 194 Å². The van der Waals surface area contributed by atoms with E-state index in [4.69, 9.17) is 0 Å². The van der Waals surface area contributed by atoms with Crippen LogP contribution in [0.25, 0.3) is 88.4 Å². The average molecular weight is 637 g/mol. The lowest BCUT2D eigenvalue weighted by atomic mass is 10.00. The van der Waals surface area contributed by atoms with E-state index < -0.39 is 0 Å². The Balaban J connectivity index is 1.26. The highest BCUT2D eigenvalue weighted by Crippen LogP contribution is 2.44. The van der Waals surface area contributed by atoms with E-state index in [2.05, 4.69) is 203 Å². The van der Waals surface area contributed by atoms with Crippen LogP contribution in [0, 0.1) is 0 Å². The Kier molecular flexibility index (Phi) is 6.53. The normalized spacial score (nSPS) is 11.6. The van der Waals surface area contributed by atoms with Crippen molar-refractivity contribution in [3.8, 4) is 44.8 Å². The molecule has 2 heterocycles. The number of para-hydroxylation sites is 3. The third kappa shape index (κ3) is 4.43. The predicted octanol–water partition coefficient (Wildman–Crippen LogP) is 12.9. The predicted molar refractivity (Wildman–Crippen MR) is 211 cm³/mol. The standard InChI is InChI=1S/C48H32N2/c1-4-13-33(14-5-1)34-23-25-35(26-24-34)36-27-29-39(30-28-36)50-46-40(37-15-6-2-7-16-37)20-12-21-42(46)44-32-31-43-41-19-10-11-22-45(41)49(47(43)48(44)50)38-17-8-3-9-18-38/h1-32H. The van der Waals surface area contributed by atoms with Gasteiger partial charge in [0, 0.05) is 38.5 Å². The zero-order valence-electron chi connectivity index (χ0n) is 27.4. The molecule has 0 aliphatic heterocycles. The van der Waals surface area contributed by atoms with Gasteiger partial charge in [0.15, 0.2) is 0 Å². The number of fused-ring (bicyclic) bond motifs is 7. The van der Waals surface area contributed by atoms with Crippen molar-refractivity contribution < 1.29 is 0 Å². The number of aromatic nitrogens is 2. The van der Waals surface area contributed by atoms with Crippen LogP contribution in [-0.4, -0.2) is 9.13 Å². The first-order valence-corrected chi connectivity index (χ1v) is 17.2. The Hall–Kier alpha value is -6.64. The molecule has 0 amide bonds. The van der Waals surface area contributed by atoms with Crippen molar-refractivity contribution in [2.24, 2.45) is 0 Å². The van der Waals surface area contributed by atoms with E-state index in [1.807, 2.05) is 0 Å². The fourth-order valence-corrected chi connectivity index (χ4v) is 7.84. The summed E-state index contributed by atoms with van der Waals surface area (Å²) >= 11 is 0. The molecule has 8 aromatic carbocycles. The second kappa shape index (κ2) is 11.5. The first-order chi connectivity index (χ1) is 24.8. The summed E-state index contributed by atoms with van der Waals surface area (Å²) in [7, 11) is 0. The molecular weight excluding hydrogens is 605 g/mol. The third-order valence-electron chi connectivity index (χ3n) is 10.1. The smallest absolute Gasteiger partial charge is 0.0789 e. The summed E-state index contributed by atoms with van der Waals surface area (Å²) in [5.74, 6) is 0. The van der Waals surface area contributed by atoms with Gasteiger partial charge in [0.2, 0.25) is 0 Å². The molecule has 2 aromatic heterocycles. The molecule has 2 nitrogen and oxygen atoms in total. The summed E-state index contributed by atoms with van der Waals surface area (Å²) in [6.45, 7) is 0. The fourth-order valence-electron chi connectivity index (χ4n) is 7.84. The van der Waals surface area contributed by atoms with Crippen LogP contribution in [0.15, 0.2) is 194 Å². The molecule has 0 bridgehead atoms. The molecule has 0 atom stereocenters. The Morgan fingerprint density at radius 3 is 1.34 bits per heavy atom. The van der Waals surface area contributed by atoms with Crippen LogP contribution in [0.1, 0.15) is 0 Å². The maximum absolute atomic E-state index is 2.51. The summed E-state index contributed by atoms with van der Waals surface area (Å²) in [4.78, 5) is 0. The van der Waals surface area contributed by atoms with Gasteiger partial charge < -0.3 is 9.13 Å². The molecule has 0 fully saturated rings. The highest BCUT2D eigenvalue weighted by Gasteiger charge is 2.22. The van der Waals surface area contributed by atoms with Crippen LogP contribution >= 0.6 is 0 Å². The van der Waals surface area contributed by atoms with Gasteiger partial charge in [0.25, 0.3) is 0 Å². The Morgan fingerprint density at radius 2 is 0.680 bits per heavy atom. The van der Waals surface area contributed by atoms with Crippen molar-refractivity contribution in [2.75, 3.05) is 0 Å². The SMILES string of the molecule is c1ccc(-c2ccc(-c3ccc(-n4c5c(-c6ccccc6)cccc5c5ccc6c7ccccc7n(-c7ccccc7)c6c54)cc3)cc2)cc1. The maximum atomic E-state index is 2.51. The third-order valence-corrected chi connectivity index (χ3v) is 10.1. The minimum absolute atomic E-state index is 1.13. The van der Waals surface area contributed by atoms with Crippen LogP contribution < -0.4 is 0 Å². The number of hydrogen-bond acceptors (Lipinski definition) is 0. The number of rotatable bonds is 5. The van der Waals surface area contributed by atoms with Gasteiger partial charge >= 0.3 is 0 Å². The van der Waals surface area contributed by atoms with Gasteiger partial charge in [-0.15, -0.1) is 0 Å². The van der Waals surface area contributed by atoms with E-state index in [1.165, 1.54) is 77.0 Å². The van der Waals surface area contributed by atoms with E-state index in [0.717, 1.165) is 11.4 Å². The van der Waals surface area contributed by atoms with Crippen molar-refractivity contribution in [3.63, 3.8) is 0 Å². The zero-order valence-corrected chi connectivity index (χ0v) is 27.4. The van der Waals surface area contributed by atoms with Gasteiger partial charge in [-0.1, -0.05) is 164 Å². The van der Waals surface area contributed by atoms with E-state index in [0.29, 0.717) is 0 Å². The number of benzene rings is 8. The van der Waals surface area contributed by atoms with Crippen LogP contribution in [0.3, 0.4) is 0 Å². The highest BCUT2D eigenvalue weighted by atomic mass is 15.0. The Labute approximate surface area is 290 Å². The molecule has 0 saturated carbocycles. The lowest BCUT2D eigenvalue weighted by Gasteiger charge is -2.15. The molecule has 234 valence electrons. The van der Waals surface area contributed by atoms with Crippen LogP contribution in [0.5, 0.6) is 0 Å². The highest BCUT2D eigenvalue weighted by molar-refractivity contribution is 6.25. The molecule has 0 N–H and O–H groups in total. The van der Waals surface area contributed by atoms with Gasteiger partial charge in [0.05, 0.1) is 22.1 Å². The molecule has 2 heteroatoms. The summed E-state index contributed by atoms with van der Waals surface area (Å²) in [5.41, 5.74) is 14.4. The number of nitrogens with zero attached hydrogens (tertiary/aromatic N) is 2. The fraction of sp³-hybridized carbons (Fsp3) is 0. The van der Waals surface area contributed by atoms with E-state index >= 15 is 0 Å². The second-order valence-corrected chi connectivity index (χ2v) is 12.9. The quantitative estimate of drug-likeness (QED) is 0.178. The van der Waals surface area contributed by atoms with Gasteiger partial charge in [-0.2, -0.15) is 0 Å². The topological polar surface area (TPSA) is 9.86 Å². The second-order valence-electron chi connectivity index (χ2n) is 12.9.